The number of carbonyl (C=O) groups is 1. The Morgan fingerprint density at radius 2 is 2.29 bits per heavy atom. The zero-order valence-electron chi connectivity index (χ0n) is 8.55. The van der Waals surface area contributed by atoms with Crippen molar-refractivity contribution in [3.63, 3.8) is 0 Å². The summed E-state index contributed by atoms with van der Waals surface area (Å²) in [6.07, 6.45) is 4.06. The molecule has 1 rings (SSSR count). The Kier molecular flexibility index (Phi) is 3.57. The Morgan fingerprint density at radius 1 is 1.57 bits per heavy atom. The molecule has 2 atom stereocenters. The van der Waals surface area contributed by atoms with Gasteiger partial charge in [0, 0.05) is 18.3 Å². The molecule has 1 fully saturated rings. The fraction of sp³-hybridized carbons (Fsp3) is 0.800. The van der Waals surface area contributed by atoms with Gasteiger partial charge in [0.1, 0.15) is 0 Å². The number of nitrogens with zero attached hydrogens (tertiary/aromatic N) is 1. The van der Waals surface area contributed by atoms with E-state index in [9.17, 15) is 4.79 Å². The molecule has 1 amide bonds. The topological polar surface area (TPSA) is 52.9 Å². The molecule has 0 aliphatic heterocycles. The monoisotopic (exact) mass is 190 g/mol. The van der Waals surface area contributed by atoms with Crippen molar-refractivity contribution in [2.45, 2.75) is 50.4 Å². The van der Waals surface area contributed by atoms with Crippen LogP contribution in [0.3, 0.4) is 0 Å². The highest BCUT2D eigenvalue weighted by molar-refractivity contribution is 6.17. The lowest BCUT2D eigenvalue weighted by atomic mass is 9.65. The maximum absolute atomic E-state index is 10.8. The van der Waals surface area contributed by atoms with E-state index in [4.69, 9.17) is 13.1 Å². The summed E-state index contributed by atoms with van der Waals surface area (Å²) in [7, 11) is 5.88. The van der Waals surface area contributed by atoms with Crippen LogP contribution in [0.4, 0.5) is 0 Å². The molecule has 1 aliphatic rings. The lowest BCUT2D eigenvalue weighted by Gasteiger charge is -2.19. The van der Waals surface area contributed by atoms with Gasteiger partial charge in [-0.3, -0.25) is 4.79 Å². The molecule has 0 bridgehead atoms. The van der Waals surface area contributed by atoms with Crippen molar-refractivity contribution in [1.29, 1.82) is 5.26 Å². The fourth-order valence-electron chi connectivity index (χ4n) is 1.91. The number of nitriles is 1. The van der Waals surface area contributed by atoms with Gasteiger partial charge in [0.25, 0.3) is 0 Å². The second kappa shape index (κ2) is 4.50. The van der Waals surface area contributed by atoms with Crippen LogP contribution in [0.1, 0.15) is 39.0 Å². The third-order valence-corrected chi connectivity index (χ3v) is 2.74. The number of hydrogen-bond acceptors (Lipinski definition) is 2. The first kappa shape index (κ1) is 11.1. The van der Waals surface area contributed by atoms with E-state index in [0.717, 1.165) is 25.7 Å². The predicted octanol–water partition coefficient (Wildman–Crippen LogP) is 1.31. The van der Waals surface area contributed by atoms with Gasteiger partial charge in [0.15, 0.2) is 0 Å². The standard InChI is InChI=1S/C10H15BN2O/c1-8(14)13-9-3-2-5-10(11,7-12)6-4-9/h9H,2-6H2,1H3,(H,13,14). The fourth-order valence-corrected chi connectivity index (χ4v) is 1.91. The first-order valence-corrected chi connectivity index (χ1v) is 5.03. The van der Waals surface area contributed by atoms with Crippen LogP contribution in [-0.2, 0) is 4.79 Å². The Labute approximate surface area is 86.3 Å². The zero-order chi connectivity index (χ0) is 10.6. The van der Waals surface area contributed by atoms with E-state index in [1.165, 1.54) is 6.92 Å². The van der Waals surface area contributed by atoms with Crippen LogP contribution in [0.5, 0.6) is 0 Å². The highest BCUT2D eigenvalue weighted by Gasteiger charge is 2.28. The van der Waals surface area contributed by atoms with Gasteiger partial charge in [-0.25, -0.2) is 0 Å². The minimum atomic E-state index is -0.673. The summed E-state index contributed by atoms with van der Waals surface area (Å²) in [5.74, 6) is -0.00326. The van der Waals surface area contributed by atoms with E-state index in [-0.39, 0.29) is 11.9 Å². The average molecular weight is 190 g/mol. The van der Waals surface area contributed by atoms with E-state index in [2.05, 4.69) is 11.4 Å². The van der Waals surface area contributed by atoms with Gasteiger partial charge in [0.2, 0.25) is 5.91 Å². The molecule has 74 valence electrons. The van der Waals surface area contributed by atoms with Crippen LogP contribution in [-0.4, -0.2) is 19.8 Å². The number of nitrogens with one attached hydrogen (secondary N) is 1. The number of hydrogen-bond donors (Lipinski definition) is 1. The summed E-state index contributed by atoms with van der Waals surface area (Å²) >= 11 is 0. The summed E-state index contributed by atoms with van der Waals surface area (Å²) in [5.41, 5.74) is 0. The molecule has 0 spiro atoms. The van der Waals surface area contributed by atoms with Gasteiger partial charge in [-0.1, -0.05) is 6.42 Å². The Morgan fingerprint density at radius 3 is 2.86 bits per heavy atom. The van der Waals surface area contributed by atoms with Gasteiger partial charge in [-0.05, 0) is 25.7 Å². The van der Waals surface area contributed by atoms with Crippen LogP contribution in [0.15, 0.2) is 0 Å². The number of carbonyl (C=O) groups excluding carboxylic acids is 1. The van der Waals surface area contributed by atoms with Gasteiger partial charge in [0.05, 0.1) is 13.9 Å². The Bertz CT molecular complexity index is 261. The summed E-state index contributed by atoms with van der Waals surface area (Å²) in [6, 6.07) is 2.36. The largest absolute Gasteiger partial charge is 0.354 e. The molecule has 1 saturated carbocycles. The lowest BCUT2D eigenvalue weighted by Crippen LogP contribution is -2.32. The summed E-state index contributed by atoms with van der Waals surface area (Å²) in [5, 5.41) is 11.1. The first-order chi connectivity index (χ1) is 6.56. The Balaban J connectivity index is 2.49. The highest BCUT2D eigenvalue weighted by Crippen LogP contribution is 2.37. The molecule has 1 N–H and O–H groups in total. The minimum absolute atomic E-state index is 0.00326. The highest BCUT2D eigenvalue weighted by atomic mass is 16.1. The molecule has 2 unspecified atom stereocenters. The second-order valence-corrected chi connectivity index (χ2v) is 4.10. The normalized spacial score (nSPS) is 32.7. The average Bonchev–Trinajstić information content (AvgIpc) is 2.29. The molecule has 3 nitrogen and oxygen atoms in total. The minimum Gasteiger partial charge on any atom is -0.354 e. The van der Waals surface area contributed by atoms with Crippen molar-refractivity contribution in [1.82, 2.24) is 5.32 Å². The van der Waals surface area contributed by atoms with Gasteiger partial charge in [-0.2, -0.15) is 5.26 Å². The van der Waals surface area contributed by atoms with Crippen LogP contribution in [0, 0.1) is 11.3 Å². The third kappa shape index (κ3) is 3.06. The predicted molar refractivity (Wildman–Crippen MR) is 54.7 cm³/mol. The molecule has 1 aliphatic carbocycles. The van der Waals surface area contributed by atoms with E-state index >= 15 is 0 Å². The maximum atomic E-state index is 10.8. The molecule has 0 aromatic rings. The molecule has 4 heteroatoms. The van der Waals surface area contributed by atoms with Crippen LogP contribution in [0.2, 0.25) is 5.31 Å². The molecular formula is C10H15BN2O. The molecule has 0 aromatic carbocycles. The van der Waals surface area contributed by atoms with Crippen molar-refractivity contribution in [2.24, 2.45) is 0 Å². The quantitative estimate of drug-likeness (QED) is 0.500. The number of amides is 1. The van der Waals surface area contributed by atoms with Gasteiger partial charge < -0.3 is 5.32 Å². The SMILES string of the molecule is [B]C1(C#N)CCCC(NC(C)=O)CC1. The molecule has 0 aromatic heterocycles. The van der Waals surface area contributed by atoms with Crippen molar-refractivity contribution < 1.29 is 4.79 Å². The molecular weight excluding hydrogens is 175 g/mol. The van der Waals surface area contributed by atoms with Crippen LogP contribution < -0.4 is 5.32 Å². The molecule has 2 radical (unpaired) electrons. The van der Waals surface area contributed by atoms with Crippen LogP contribution in [0.25, 0.3) is 0 Å². The smallest absolute Gasteiger partial charge is 0.217 e. The first-order valence-electron chi connectivity index (χ1n) is 5.03. The van der Waals surface area contributed by atoms with Crippen molar-refractivity contribution >= 4 is 13.8 Å². The summed E-state index contributed by atoms with van der Waals surface area (Å²) in [4.78, 5) is 10.8. The zero-order valence-corrected chi connectivity index (χ0v) is 8.55. The van der Waals surface area contributed by atoms with Crippen molar-refractivity contribution in [3.05, 3.63) is 0 Å². The van der Waals surface area contributed by atoms with Gasteiger partial charge >= 0.3 is 0 Å². The van der Waals surface area contributed by atoms with Crippen molar-refractivity contribution in [3.8, 4) is 6.07 Å². The molecule has 0 saturated heterocycles. The third-order valence-electron chi connectivity index (χ3n) is 2.74. The second-order valence-electron chi connectivity index (χ2n) is 4.10. The Hall–Kier alpha value is -0.975. The van der Waals surface area contributed by atoms with E-state index in [1.54, 1.807) is 0 Å². The van der Waals surface area contributed by atoms with E-state index in [0.29, 0.717) is 6.42 Å². The summed E-state index contributed by atoms with van der Waals surface area (Å²) in [6.45, 7) is 1.52. The molecule has 14 heavy (non-hydrogen) atoms. The van der Waals surface area contributed by atoms with Crippen LogP contribution >= 0.6 is 0 Å². The summed E-state index contributed by atoms with van der Waals surface area (Å²) < 4.78 is 0. The van der Waals surface area contributed by atoms with Gasteiger partial charge in [-0.15, -0.1) is 0 Å². The molecule has 0 heterocycles. The maximum Gasteiger partial charge on any atom is 0.217 e. The van der Waals surface area contributed by atoms with Crippen molar-refractivity contribution in [2.75, 3.05) is 0 Å². The number of rotatable bonds is 1. The van der Waals surface area contributed by atoms with E-state index in [1.807, 2.05) is 0 Å². The lowest BCUT2D eigenvalue weighted by molar-refractivity contribution is -0.119. The van der Waals surface area contributed by atoms with E-state index < -0.39 is 5.31 Å².